The van der Waals surface area contributed by atoms with Crippen molar-refractivity contribution in [2.75, 3.05) is 7.11 Å². The van der Waals surface area contributed by atoms with E-state index in [0.29, 0.717) is 19.3 Å². The Hall–Kier alpha value is -0.870. The fraction of sp³-hybridized carbons (Fsp3) is 0.842. The second kappa shape index (κ2) is 16.0. The van der Waals surface area contributed by atoms with Crippen molar-refractivity contribution in [3.8, 4) is 0 Å². The van der Waals surface area contributed by atoms with Gasteiger partial charge in [-0.3, -0.25) is 4.79 Å². The summed E-state index contributed by atoms with van der Waals surface area (Å²) < 4.78 is 4.59. The Labute approximate surface area is 141 Å². The molecule has 0 aliphatic carbocycles. The number of ether oxygens (including phenoxy) is 1. The summed E-state index contributed by atoms with van der Waals surface area (Å²) in [5.74, 6) is -0.147. The summed E-state index contributed by atoms with van der Waals surface area (Å²) in [5, 5.41) is 19.8. The molecule has 0 spiro atoms. The minimum atomic E-state index is -0.656. The number of unbranched alkanes of at least 4 members (excludes halogenated alkanes) is 7. The monoisotopic (exact) mass is 328 g/mol. The van der Waals surface area contributed by atoms with Crippen molar-refractivity contribution in [2.24, 2.45) is 0 Å². The molecule has 0 aliphatic rings. The molecule has 2 atom stereocenters. The van der Waals surface area contributed by atoms with Crippen molar-refractivity contribution in [1.82, 2.24) is 0 Å². The van der Waals surface area contributed by atoms with Crippen molar-refractivity contribution in [3.05, 3.63) is 12.2 Å². The Kier molecular flexibility index (Phi) is 15.4. The number of aliphatic hydroxyl groups is 2. The molecular weight excluding hydrogens is 292 g/mol. The maximum Gasteiger partial charge on any atom is 0.305 e. The van der Waals surface area contributed by atoms with Gasteiger partial charge in [-0.25, -0.2) is 0 Å². The van der Waals surface area contributed by atoms with Crippen LogP contribution in [0.1, 0.15) is 84.0 Å². The summed E-state index contributed by atoms with van der Waals surface area (Å²) in [4.78, 5) is 10.9. The predicted molar refractivity (Wildman–Crippen MR) is 94.2 cm³/mol. The number of carbonyl (C=O) groups is 1. The number of carbonyl (C=O) groups excluding carboxylic acids is 1. The van der Waals surface area contributed by atoms with Crippen molar-refractivity contribution < 1.29 is 19.7 Å². The minimum Gasteiger partial charge on any atom is -0.469 e. The molecule has 0 saturated carbocycles. The van der Waals surface area contributed by atoms with Gasteiger partial charge in [0, 0.05) is 6.42 Å². The zero-order valence-electron chi connectivity index (χ0n) is 15.0. The van der Waals surface area contributed by atoms with Crippen LogP contribution in [0.2, 0.25) is 0 Å². The van der Waals surface area contributed by atoms with Crippen LogP contribution in [0.5, 0.6) is 0 Å². The fourth-order valence-corrected chi connectivity index (χ4v) is 2.47. The maximum absolute atomic E-state index is 10.9. The number of allylic oxidation sites excluding steroid dienone is 1. The van der Waals surface area contributed by atoms with Crippen molar-refractivity contribution >= 4 is 5.97 Å². The molecule has 0 bridgehead atoms. The Morgan fingerprint density at radius 1 is 0.957 bits per heavy atom. The first-order chi connectivity index (χ1) is 11.1. The third-order valence-electron chi connectivity index (χ3n) is 4.07. The predicted octanol–water partition coefficient (Wildman–Crippen LogP) is 4.14. The van der Waals surface area contributed by atoms with E-state index in [9.17, 15) is 15.0 Å². The lowest BCUT2D eigenvalue weighted by molar-refractivity contribution is -0.140. The van der Waals surface area contributed by atoms with Gasteiger partial charge in [-0.1, -0.05) is 57.6 Å². The summed E-state index contributed by atoms with van der Waals surface area (Å²) in [6.45, 7) is 2.18. The van der Waals surface area contributed by atoms with Gasteiger partial charge in [-0.05, 0) is 32.1 Å². The minimum absolute atomic E-state index is 0.147. The van der Waals surface area contributed by atoms with Crippen LogP contribution in [0.3, 0.4) is 0 Å². The topological polar surface area (TPSA) is 66.8 Å². The Morgan fingerprint density at radius 2 is 1.65 bits per heavy atom. The Bertz CT molecular complexity index is 302. The zero-order valence-corrected chi connectivity index (χ0v) is 15.0. The van der Waals surface area contributed by atoms with Gasteiger partial charge in [0.05, 0.1) is 19.3 Å². The van der Waals surface area contributed by atoms with Crippen LogP contribution in [-0.4, -0.2) is 35.5 Å². The zero-order chi connectivity index (χ0) is 17.3. The highest BCUT2D eigenvalue weighted by Crippen LogP contribution is 2.12. The molecule has 0 aromatic rings. The van der Waals surface area contributed by atoms with E-state index in [0.717, 1.165) is 38.5 Å². The van der Waals surface area contributed by atoms with Crippen LogP contribution in [0.15, 0.2) is 12.2 Å². The van der Waals surface area contributed by atoms with Crippen LogP contribution >= 0.6 is 0 Å². The molecule has 0 radical (unpaired) electrons. The van der Waals surface area contributed by atoms with E-state index in [-0.39, 0.29) is 5.97 Å². The van der Waals surface area contributed by atoms with E-state index in [1.165, 1.54) is 26.4 Å². The van der Waals surface area contributed by atoms with Crippen LogP contribution < -0.4 is 0 Å². The van der Waals surface area contributed by atoms with Gasteiger partial charge in [0.15, 0.2) is 0 Å². The molecule has 4 heteroatoms. The smallest absolute Gasteiger partial charge is 0.305 e. The first kappa shape index (κ1) is 22.1. The Balaban J connectivity index is 3.50. The second-order valence-electron chi connectivity index (χ2n) is 6.22. The second-order valence-corrected chi connectivity index (χ2v) is 6.22. The van der Waals surface area contributed by atoms with Gasteiger partial charge in [0.1, 0.15) is 0 Å². The molecular formula is C19H36O4. The van der Waals surface area contributed by atoms with E-state index in [1.807, 2.05) is 6.08 Å². The highest BCUT2D eigenvalue weighted by molar-refractivity contribution is 5.68. The molecule has 0 heterocycles. The highest BCUT2D eigenvalue weighted by atomic mass is 16.5. The quantitative estimate of drug-likeness (QED) is 0.269. The third kappa shape index (κ3) is 14.5. The molecule has 0 saturated heterocycles. The van der Waals surface area contributed by atoms with E-state index >= 15 is 0 Å². The number of esters is 1. The van der Waals surface area contributed by atoms with Gasteiger partial charge in [-0.2, -0.15) is 0 Å². The van der Waals surface area contributed by atoms with E-state index in [4.69, 9.17) is 0 Å². The molecule has 0 aromatic carbocycles. The number of methoxy groups -OCH3 is 1. The summed E-state index contributed by atoms with van der Waals surface area (Å²) in [6, 6.07) is 0. The summed E-state index contributed by atoms with van der Waals surface area (Å²) in [7, 11) is 1.41. The summed E-state index contributed by atoms with van der Waals surface area (Å²) >= 11 is 0. The third-order valence-corrected chi connectivity index (χ3v) is 4.07. The molecule has 0 aliphatic heterocycles. The Morgan fingerprint density at radius 3 is 2.35 bits per heavy atom. The van der Waals surface area contributed by atoms with Gasteiger partial charge in [0.2, 0.25) is 0 Å². The SMILES string of the molecule is CCCCCC=CCC(O)C(O)CCCCCCCC(=O)OC. The lowest BCUT2D eigenvalue weighted by atomic mass is 10.0. The molecule has 0 rings (SSSR count). The number of hydrogen-bond acceptors (Lipinski definition) is 4. The van der Waals surface area contributed by atoms with Crippen LogP contribution in [-0.2, 0) is 9.53 Å². The highest BCUT2D eigenvalue weighted by Gasteiger charge is 2.13. The first-order valence-corrected chi connectivity index (χ1v) is 9.19. The number of rotatable bonds is 15. The molecule has 4 nitrogen and oxygen atoms in total. The molecule has 0 amide bonds. The lowest BCUT2D eigenvalue weighted by Gasteiger charge is -2.16. The van der Waals surface area contributed by atoms with Crippen molar-refractivity contribution in [1.29, 1.82) is 0 Å². The van der Waals surface area contributed by atoms with Crippen LogP contribution in [0.25, 0.3) is 0 Å². The number of aliphatic hydroxyl groups excluding tert-OH is 2. The molecule has 2 unspecified atom stereocenters. The normalized spacial score (nSPS) is 14.1. The van der Waals surface area contributed by atoms with Crippen molar-refractivity contribution in [2.45, 2.75) is 96.2 Å². The molecule has 0 aromatic heterocycles. The lowest BCUT2D eigenvalue weighted by Crippen LogP contribution is -2.25. The fourth-order valence-electron chi connectivity index (χ4n) is 2.47. The average molecular weight is 328 g/mol. The van der Waals surface area contributed by atoms with Gasteiger partial charge in [-0.15, -0.1) is 0 Å². The van der Waals surface area contributed by atoms with Crippen LogP contribution in [0, 0.1) is 0 Å². The molecule has 0 fully saturated rings. The van der Waals surface area contributed by atoms with Gasteiger partial charge >= 0.3 is 5.97 Å². The van der Waals surface area contributed by atoms with E-state index < -0.39 is 12.2 Å². The summed E-state index contributed by atoms with van der Waals surface area (Å²) in [5.41, 5.74) is 0. The maximum atomic E-state index is 10.9. The van der Waals surface area contributed by atoms with Gasteiger partial charge in [0.25, 0.3) is 0 Å². The largest absolute Gasteiger partial charge is 0.469 e. The average Bonchev–Trinajstić information content (AvgIpc) is 2.56. The van der Waals surface area contributed by atoms with Crippen LogP contribution in [0.4, 0.5) is 0 Å². The molecule has 136 valence electrons. The standard InChI is InChI=1S/C19H36O4/c1-3-4-5-6-8-11-14-17(20)18(21)15-12-9-7-10-13-16-19(22)23-2/h8,11,17-18,20-21H,3-7,9-10,12-16H2,1-2H3. The van der Waals surface area contributed by atoms with Gasteiger partial charge < -0.3 is 14.9 Å². The number of hydrogen-bond donors (Lipinski definition) is 2. The molecule has 23 heavy (non-hydrogen) atoms. The van der Waals surface area contributed by atoms with E-state index in [1.54, 1.807) is 0 Å². The summed E-state index contributed by atoms with van der Waals surface area (Å²) in [6.07, 6.45) is 14.0. The first-order valence-electron chi connectivity index (χ1n) is 9.19. The molecule has 2 N–H and O–H groups in total. The van der Waals surface area contributed by atoms with E-state index in [2.05, 4.69) is 17.7 Å². The van der Waals surface area contributed by atoms with Crippen molar-refractivity contribution in [3.63, 3.8) is 0 Å².